The Morgan fingerprint density at radius 3 is 2.58 bits per heavy atom. The first-order valence-corrected chi connectivity index (χ1v) is 7.99. The van der Waals surface area contributed by atoms with Crippen molar-refractivity contribution < 1.29 is 8.42 Å². The molecule has 0 fully saturated rings. The van der Waals surface area contributed by atoms with Crippen molar-refractivity contribution in [2.75, 3.05) is 20.1 Å². The van der Waals surface area contributed by atoms with E-state index in [1.165, 1.54) is 12.3 Å². The number of nitrogens with one attached hydrogen (secondary N) is 1. The Kier molecular flexibility index (Phi) is 6.01. The van der Waals surface area contributed by atoms with E-state index in [1.54, 1.807) is 0 Å². The van der Waals surface area contributed by atoms with Gasteiger partial charge >= 0.3 is 0 Å². The third-order valence-corrected chi connectivity index (χ3v) is 4.83. The Hall–Kier alpha value is -0.400. The fourth-order valence-electron chi connectivity index (χ4n) is 1.25. The zero-order valence-corrected chi connectivity index (χ0v) is 13.3. The van der Waals surface area contributed by atoms with Crippen molar-refractivity contribution in [2.45, 2.75) is 24.8 Å². The maximum atomic E-state index is 12.0. The molecule has 0 atom stereocenters. The molecule has 0 aliphatic carbocycles. The lowest BCUT2D eigenvalue weighted by Gasteiger charge is -2.20. The van der Waals surface area contributed by atoms with Crippen LogP contribution in [0.3, 0.4) is 0 Å². The van der Waals surface area contributed by atoms with Gasteiger partial charge in [0.1, 0.15) is 10.0 Å². The van der Waals surface area contributed by atoms with Crippen LogP contribution in [0.25, 0.3) is 0 Å². The highest BCUT2D eigenvalue weighted by Crippen LogP contribution is 2.21. The average Bonchev–Trinajstić information content (AvgIpc) is 2.32. The van der Waals surface area contributed by atoms with Gasteiger partial charge in [0.05, 0.1) is 5.02 Å². The Labute approximate surface area is 124 Å². The number of pyridine rings is 1. The lowest BCUT2D eigenvalue weighted by molar-refractivity contribution is 0.278. The van der Waals surface area contributed by atoms with Gasteiger partial charge in [0, 0.05) is 25.3 Å². The predicted molar refractivity (Wildman–Crippen MR) is 77.2 cm³/mol. The summed E-state index contributed by atoms with van der Waals surface area (Å²) in [6.07, 6.45) is 1.18. The largest absolute Gasteiger partial charge is 0.303 e. The molecule has 0 spiro atoms. The molecular weight excluding hydrogens is 309 g/mol. The second-order valence-electron chi connectivity index (χ2n) is 4.42. The lowest BCUT2D eigenvalue weighted by Crippen LogP contribution is -2.36. The van der Waals surface area contributed by atoms with Crippen molar-refractivity contribution in [3.63, 3.8) is 0 Å². The molecule has 19 heavy (non-hydrogen) atoms. The Balaban J connectivity index is 2.68. The minimum absolute atomic E-state index is 0.00843. The van der Waals surface area contributed by atoms with Crippen LogP contribution in [0, 0.1) is 0 Å². The van der Waals surface area contributed by atoms with Crippen molar-refractivity contribution >= 4 is 33.2 Å². The maximum absolute atomic E-state index is 12.0. The van der Waals surface area contributed by atoms with Crippen molar-refractivity contribution in [3.05, 3.63) is 22.4 Å². The molecule has 1 N–H and O–H groups in total. The van der Waals surface area contributed by atoms with E-state index in [1.807, 2.05) is 25.8 Å². The van der Waals surface area contributed by atoms with Gasteiger partial charge in [-0.05, 0) is 27.0 Å². The summed E-state index contributed by atoms with van der Waals surface area (Å²) in [5.74, 6) is 0. The van der Waals surface area contributed by atoms with Gasteiger partial charge in [0.2, 0.25) is 10.0 Å². The fraction of sp³-hybridized carbons (Fsp3) is 0.545. The number of hydrogen-bond donors (Lipinski definition) is 1. The second kappa shape index (κ2) is 6.85. The van der Waals surface area contributed by atoms with E-state index in [-0.39, 0.29) is 15.1 Å². The number of hydrogen-bond acceptors (Lipinski definition) is 4. The van der Waals surface area contributed by atoms with E-state index in [0.717, 1.165) is 0 Å². The predicted octanol–water partition coefficient (Wildman–Crippen LogP) is 2.01. The number of nitrogens with zero attached hydrogens (tertiary/aromatic N) is 2. The Bertz CT molecular complexity index is 535. The van der Waals surface area contributed by atoms with Gasteiger partial charge in [-0.25, -0.2) is 18.1 Å². The third-order valence-electron chi connectivity index (χ3n) is 2.72. The highest BCUT2D eigenvalue weighted by molar-refractivity contribution is 7.89. The van der Waals surface area contributed by atoms with Crippen LogP contribution in [0.15, 0.2) is 17.2 Å². The molecule has 0 aromatic carbocycles. The summed E-state index contributed by atoms with van der Waals surface area (Å²) in [7, 11) is -1.67. The highest BCUT2D eigenvalue weighted by Gasteiger charge is 2.16. The van der Waals surface area contributed by atoms with E-state index in [9.17, 15) is 8.42 Å². The van der Waals surface area contributed by atoms with Gasteiger partial charge in [-0.15, -0.1) is 0 Å². The summed E-state index contributed by atoms with van der Waals surface area (Å²) in [5, 5.41) is 0.198. The molecule has 0 amide bonds. The van der Waals surface area contributed by atoms with Crippen LogP contribution in [-0.4, -0.2) is 44.5 Å². The van der Waals surface area contributed by atoms with Crippen LogP contribution < -0.4 is 4.72 Å². The molecule has 0 aliphatic rings. The molecule has 1 aromatic rings. The lowest BCUT2D eigenvalue weighted by atomic mass is 10.3. The van der Waals surface area contributed by atoms with Gasteiger partial charge in [-0.1, -0.05) is 23.2 Å². The van der Waals surface area contributed by atoms with Gasteiger partial charge in [0.25, 0.3) is 0 Å². The summed E-state index contributed by atoms with van der Waals surface area (Å²) in [6.45, 7) is 5.01. The molecule has 1 rings (SSSR count). The fourth-order valence-corrected chi connectivity index (χ4v) is 2.57. The SMILES string of the molecule is CC(C)N(C)CCNS(=O)(=O)c1cnc(Cl)c(Cl)c1. The van der Waals surface area contributed by atoms with E-state index < -0.39 is 10.0 Å². The summed E-state index contributed by atoms with van der Waals surface area (Å²) in [6, 6.07) is 1.64. The van der Waals surface area contributed by atoms with Crippen molar-refractivity contribution in [2.24, 2.45) is 0 Å². The molecule has 0 saturated heterocycles. The first-order chi connectivity index (χ1) is 8.74. The molecule has 8 heteroatoms. The monoisotopic (exact) mass is 325 g/mol. The van der Waals surface area contributed by atoms with Crippen LogP contribution >= 0.6 is 23.2 Å². The Morgan fingerprint density at radius 2 is 2.05 bits per heavy atom. The van der Waals surface area contributed by atoms with Crippen LogP contribution in [0.1, 0.15) is 13.8 Å². The summed E-state index contributed by atoms with van der Waals surface area (Å²) in [4.78, 5) is 5.77. The van der Waals surface area contributed by atoms with E-state index in [0.29, 0.717) is 19.1 Å². The van der Waals surface area contributed by atoms with Crippen LogP contribution in [0.4, 0.5) is 0 Å². The van der Waals surface area contributed by atoms with Crippen molar-refractivity contribution in [1.29, 1.82) is 0 Å². The number of likely N-dealkylation sites (N-methyl/N-ethyl adjacent to an activating group) is 1. The molecule has 1 heterocycles. The van der Waals surface area contributed by atoms with Gasteiger partial charge in [-0.3, -0.25) is 0 Å². The highest BCUT2D eigenvalue weighted by atomic mass is 35.5. The minimum Gasteiger partial charge on any atom is -0.303 e. The number of halogens is 2. The molecule has 5 nitrogen and oxygen atoms in total. The maximum Gasteiger partial charge on any atom is 0.242 e. The van der Waals surface area contributed by atoms with E-state index in [4.69, 9.17) is 23.2 Å². The molecule has 0 aliphatic heterocycles. The third kappa shape index (κ3) is 4.89. The average molecular weight is 326 g/mol. The topological polar surface area (TPSA) is 62.3 Å². The Morgan fingerprint density at radius 1 is 1.42 bits per heavy atom. The molecule has 1 aromatic heterocycles. The molecule has 0 radical (unpaired) electrons. The second-order valence-corrected chi connectivity index (χ2v) is 6.95. The summed E-state index contributed by atoms with van der Waals surface area (Å²) < 4.78 is 26.4. The first-order valence-electron chi connectivity index (χ1n) is 5.75. The van der Waals surface area contributed by atoms with Crippen molar-refractivity contribution in [3.8, 4) is 0 Å². The van der Waals surface area contributed by atoms with Crippen LogP contribution in [-0.2, 0) is 10.0 Å². The zero-order valence-electron chi connectivity index (χ0n) is 11.0. The van der Waals surface area contributed by atoms with Gasteiger partial charge in [0.15, 0.2) is 0 Å². The number of aromatic nitrogens is 1. The van der Waals surface area contributed by atoms with Crippen LogP contribution in [0.2, 0.25) is 10.2 Å². The van der Waals surface area contributed by atoms with Crippen LogP contribution in [0.5, 0.6) is 0 Å². The molecule has 0 unspecified atom stereocenters. The van der Waals surface area contributed by atoms with E-state index >= 15 is 0 Å². The molecule has 108 valence electrons. The summed E-state index contributed by atoms with van der Waals surface area (Å²) >= 11 is 11.4. The van der Waals surface area contributed by atoms with Crippen molar-refractivity contribution in [1.82, 2.24) is 14.6 Å². The first kappa shape index (κ1) is 16.7. The standard InChI is InChI=1S/C11H17Cl2N3O2S/c1-8(2)16(3)5-4-15-19(17,18)9-6-10(12)11(13)14-7-9/h6-8,15H,4-5H2,1-3H3. The van der Waals surface area contributed by atoms with Gasteiger partial charge in [-0.2, -0.15) is 0 Å². The summed E-state index contributed by atoms with van der Waals surface area (Å²) in [5.41, 5.74) is 0. The quantitative estimate of drug-likeness (QED) is 0.813. The van der Waals surface area contributed by atoms with Gasteiger partial charge < -0.3 is 4.90 Å². The normalized spacial score (nSPS) is 12.4. The zero-order chi connectivity index (χ0) is 14.6. The molecular formula is C11H17Cl2N3O2S. The molecule has 0 bridgehead atoms. The van der Waals surface area contributed by atoms with E-state index in [2.05, 4.69) is 9.71 Å². The smallest absolute Gasteiger partial charge is 0.242 e. The molecule has 0 saturated carbocycles. The number of rotatable bonds is 6. The number of sulfonamides is 1. The minimum atomic E-state index is -3.60.